The summed E-state index contributed by atoms with van der Waals surface area (Å²) in [5, 5.41) is 3.54. The number of methoxy groups -OCH3 is 2. The van der Waals surface area contributed by atoms with Crippen LogP contribution in [0.3, 0.4) is 0 Å². The minimum absolute atomic E-state index is 0.0741. The van der Waals surface area contributed by atoms with Crippen LogP contribution in [0.4, 0.5) is 0 Å². The standard InChI is InChI=1S/C31H31ClN2O5/c1-37-28-15-12-24(18-29(28)38-2)19-30(35)34(21-23-10-13-25(32)14-11-23)27(17-22-7-4-3-5-8-22)31(36)33-20-26-9-6-16-39-26/h3-16,18,27H,17,19-21H2,1-2H3,(H,33,36)/t27-/m1/s1. The summed E-state index contributed by atoms with van der Waals surface area (Å²) in [6.45, 7) is 0.449. The smallest absolute Gasteiger partial charge is 0.243 e. The summed E-state index contributed by atoms with van der Waals surface area (Å²) in [6.07, 6.45) is 1.98. The Balaban J connectivity index is 1.66. The quantitative estimate of drug-likeness (QED) is 0.255. The van der Waals surface area contributed by atoms with Gasteiger partial charge in [0.15, 0.2) is 11.5 Å². The highest BCUT2D eigenvalue weighted by atomic mass is 35.5. The van der Waals surface area contributed by atoms with Crippen molar-refractivity contribution in [1.82, 2.24) is 10.2 Å². The molecule has 1 N–H and O–H groups in total. The molecule has 0 aliphatic heterocycles. The molecule has 0 fully saturated rings. The van der Waals surface area contributed by atoms with Gasteiger partial charge in [0, 0.05) is 18.0 Å². The Bertz CT molecular complexity index is 1360. The molecule has 0 saturated heterocycles. The van der Waals surface area contributed by atoms with Gasteiger partial charge in [0.2, 0.25) is 11.8 Å². The van der Waals surface area contributed by atoms with Crippen LogP contribution in [0.25, 0.3) is 0 Å². The SMILES string of the molecule is COc1ccc(CC(=O)N(Cc2ccc(Cl)cc2)[C@H](Cc2ccccc2)C(=O)NCc2ccco2)cc1OC. The van der Waals surface area contributed by atoms with Crippen LogP contribution in [0.1, 0.15) is 22.5 Å². The van der Waals surface area contributed by atoms with Crippen molar-refractivity contribution in [2.75, 3.05) is 14.2 Å². The van der Waals surface area contributed by atoms with Crippen LogP contribution in [-0.4, -0.2) is 37.0 Å². The molecular formula is C31H31ClN2O5. The summed E-state index contributed by atoms with van der Waals surface area (Å²) in [5.74, 6) is 1.26. The van der Waals surface area contributed by atoms with Crippen LogP contribution < -0.4 is 14.8 Å². The molecule has 4 rings (SSSR count). The average molecular weight is 547 g/mol. The lowest BCUT2D eigenvalue weighted by Gasteiger charge is -2.31. The first-order valence-electron chi connectivity index (χ1n) is 12.6. The average Bonchev–Trinajstić information content (AvgIpc) is 3.49. The van der Waals surface area contributed by atoms with Crippen molar-refractivity contribution in [3.63, 3.8) is 0 Å². The minimum Gasteiger partial charge on any atom is -0.493 e. The molecule has 4 aromatic rings. The van der Waals surface area contributed by atoms with Crippen molar-refractivity contribution in [3.8, 4) is 11.5 Å². The van der Waals surface area contributed by atoms with E-state index in [-0.39, 0.29) is 31.3 Å². The highest BCUT2D eigenvalue weighted by molar-refractivity contribution is 6.30. The number of amides is 2. The summed E-state index contributed by atoms with van der Waals surface area (Å²) in [6, 6.07) is 25.1. The van der Waals surface area contributed by atoms with E-state index >= 15 is 0 Å². The first-order chi connectivity index (χ1) is 19.0. The first-order valence-corrected chi connectivity index (χ1v) is 12.9. The summed E-state index contributed by atoms with van der Waals surface area (Å²) >= 11 is 6.11. The maximum absolute atomic E-state index is 13.9. The molecule has 0 bridgehead atoms. The van der Waals surface area contributed by atoms with Crippen molar-refractivity contribution in [3.05, 3.63) is 119 Å². The van der Waals surface area contributed by atoms with Crippen LogP contribution in [0.5, 0.6) is 11.5 Å². The Morgan fingerprint density at radius 2 is 1.59 bits per heavy atom. The van der Waals surface area contributed by atoms with Gasteiger partial charge in [-0.2, -0.15) is 0 Å². The summed E-state index contributed by atoms with van der Waals surface area (Å²) in [4.78, 5) is 29.2. The Hall–Kier alpha value is -4.23. The number of nitrogens with one attached hydrogen (secondary N) is 1. The molecule has 1 heterocycles. The molecule has 3 aromatic carbocycles. The highest BCUT2D eigenvalue weighted by Crippen LogP contribution is 2.28. The Labute approximate surface area is 233 Å². The van der Waals surface area contributed by atoms with Gasteiger partial charge in [-0.25, -0.2) is 0 Å². The number of ether oxygens (including phenoxy) is 2. The van der Waals surface area contributed by atoms with Crippen molar-refractivity contribution in [2.45, 2.75) is 32.0 Å². The predicted molar refractivity (Wildman–Crippen MR) is 150 cm³/mol. The number of halogens is 1. The van der Waals surface area contributed by atoms with Gasteiger partial charge in [-0.15, -0.1) is 0 Å². The lowest BCUT2D eigenvalue weighted by Crippen LogP contribution is -2.50. The van der Waals surface area contributed by atoms with Gasteiger partial charge in [-0.1, -0.05) is 60.1 Å². The molecule has 0 unspecified atom stereocenters. The van der Waals surface area contributed by atoms with Gasteiger partial charge in [0.05, 0.1) is 33.4 Å². The third-order valence-electron chi connectivity index (χ3n) is 6.36. The van der Waals surface area contributed by atoms with E-state index in [2.05, 4.69) is 5.32 Å². The molecule has 0 aliphatic carbocycles. The second-order valence-electron chi connectivity index (χ2n) is 9.02. The van der Waals surface area contributed by atoms with Crippen LogP contribution in [0.2, 0.25) is 5.02 Å². The van der Waals surface area contributed by atoms with Crippen LogP contribution in [-0.2, 0) is 35.5 Å². The minimum atomic E-state index is -0.773. The van der Waals surface area contributed by atoms with Crippen LogP contribution in [0, 0.1) is 0 Å². The fourth-order valence-electron chi connectivity index (χ4n) is 4.31. The number of carbonyl (C=O) groups excluding carboxylic acids is 2. The van der Waals surface area contributed by atoms with E-state index in [0.29, 0.717) is 28.7 Å². The van der Waals surface area contributed by atoms with Crippen molar-refractivity contribution < 1.29 is 23.5 Å². The lowest BCUT2D eigenvalue weighted by atomic mass is 10.0. The largest absolute Gasteiger partial charge is 0.493 e. The Morgan fingerprint density at radius 1 is 0.872 bits per heavy atom. The van der Waals surface area contributed by atoms with E-state index in [4.69, 9.17) is 25.5 Å². The molecular weight excluding hydrogens is 516 g/mol. The number of hydrogen-bond donors (Lipinski definition) is 1. The predicted octanol–water partition coefficient (Wildman–Crippen LogP) is 5.45. The zero-order valence-electron chi connectivity index (χ0n) is 21.9. The van der Waals surface area contributed by atoms with E-state index < -0.39 is 6.04 Å². The number of furan rings is 1. The normalized spacial score (nSPS) is 11.5. The molecule has 0 spiro atoms. The molecule has 8 heteroatoms. The molecule has 1 aromatic heterocycles. The van der Waals surface area contributed by atoms with Crippen molar-refractivity contribution in [2.24, 2.45) is 0 Å². The van der Waals surface area contributed by atoms with Gasteiger partial charge in [0.1, 0.15) is 11.8 Å². The third-order valence-corrected chi connectivity index (χ3v) is 6.61. The van der Waals surface area contributed by atoms with Gasteiger partial charge >= 0.3 is 0 Å². The highest BCUT2D eigenvalue weighted by Gasteiger charge is 2.30. The molecule has 39 heavy (non-hydrogen) atoms. The van der Waals surface area contributed by atoms with Gasteiger partial charge in [0.25, 0.3) is 0 Å². The van der Waals surface area contributed by atoms with E-state index in [9.17, 15) is 9.59 Å². The fraction of sp³-hybridized carbons (Fsp3) is 0.226. The van der Waals surface area contributed by atoms with E-state index in [0.717, 1.165) is 16.7 Å². The fourth-order valence-corrected chi connectivity index (χ4v) is 4.44. The Morgan fingerprint density at radius 3 is 2.26 bits per heavy atom. The van der Waals surface area contributed by atoms with Crippen molar-refractivity contribution >= 4 is 23.4 Å². The molecule has 0 radical (unpaired) electrons. The van der Waals surface area contributed by atoms with Gasteiger partial charge in [-0.3, -0.25) is 9.59 Å². The van der Waals surface area contributed by atoms with Crippen LogP contribution >= 0.6 is 11.6 Å². The van der Waals surface area contributed by atoms with E-state index in [1.54, 1.807) is 61.8 Å². The lowest BCUT2D eigenvalue weighted by molar-refractivity contribution is -0.140. The summed E-state index contributed by atoms with van der Waals surface area (Å²) in [5.41, 5.74) is 2.54. The maximum Gasteiger partial charge on any atom is 0.243 e. The molecule has 0 saturated carbocycles. The second-order valence-corrected chi connectivity index (χ2v) is 9.45. The summed E-state index contributed by atoms with van der Waals surface area (Å²) < 4.78 is 16.1. The third kappa shape index (κ3) is 7.65. The van der Waals surface area contributed by atoms with E-state index in [1.165, 1.54) is 0 Å². The number of nitrogens with zero attached hydrogens (tertiary/aromatic N) is 1. The molecule has 7 nitrogen and oxygen atoms in total. The molecule has 202 valence electrons. The number of rotatable bonds is 12. The Kier molecular flexibility index (Phi) is 9.64. The molecule has 1 atom stereocenters. The van der Waals surface area contributed by atoms with Crippen molar-refractivity contribution in [1.29, 1.82) is 0 Å². The number of hydrogen-bond acceptors (Lipinski definition) is 5. The van der Waals surface area contributed by atoms with E-state index in [1.807, 2.05) is 48.5 Å². The summed E-state index contributed by atoms with van der Waals surface area (Å²) in [7, 11) is 3.11. The maximum atomic E-state index is 13.9. The number of carbonyl (C=O) groups is 2. The molecule has 2 amide bonds. The zero-order chi connectivity index (χ0) is 27.6. The molecule has 0 aliphatic rings. The zero-order valence-corrected chi connectivity index (χ0v) is 22.7. The number of benzene rings is 3. The first kappa shape index (κ1) is 27.8. The van der Waals surface area contributed by atoms with Crippen LogP contribution in [0.15, 0.2) is 95.6 Å². The second kappa shape index (κ2) is 13.5. The monoisotopic (exact) mass is 546 g/mol. The van der Waals surface area contributed by atoms with Gasteiger partial charge < -0.3 is 24.1 Å². The van der Waals surface area contributed by atoms with Gasteiger partial charge in [-0.05, 0) is 53.1 Å². The topological polar surface area (TPSA) is 81.0 Å².